The van der Waals surface area contributed by atoms with E-state index in [1.165, 1.54) is 0 Å². The van der Waals surface area contributed by atoms with Crippen molar-refractivity contribution in [2.75, 3.05) is 31.5 Å². The third-order valence-electron chi connectivity index (χ3n) is 3.75. The Labute approximate surface area is 125 Å². The number of amides is 2. The summed E-state index contributed by atoms with van der Waals surface area (Å²) >= 11 is 6.07. The third-order valence-corrected chi connectivity index (χ3v) is 4.16. The Bertz CT molecular complexity index is 482. The summed E-state index contributed by atoms with van der Waals surface area (Å²) in [6.07, 6.45) is 0. The SMILES string of the molecule is Cc1ccc(NC(=O)N2CCN(C(C)C)CC2)cc1Cl. The average Bonchev–Trinajstić information content (AvgIpc) is 2.43. The maximum atomic E-state index is 12.2. The second-order valence-electron chi connectivity index (χ2n) is 5.51. The molecule has 1 aromatic carbocycles. The second kappa shape index (κ2) is 6.46. The minimum absolute atomic E-state index is 0.0478. The molecule has 1 saturated heterocycles. The van der Waals surface area contributed by atoms with E-state index in [2.05, 4.69) is 24.1 Å². The van der Waals surface area contributed by atoms with Crippen LogP contribution in [0.2, 0.25) is 5.02 Å². The molecule has 0 spiro atoms. The number of piperazine rings is 1. The number of nitrogens with zero attached hydrogens (tertiary/aromatic N) is 2. The summed E-state index contributed by atoms with van der Waals surface area (Å²) in [5.41, 5.74) is 1.76. The summed E-state index contributed by atoms with van der Waals surface area (Å²) in [6.45, 7) is 9.71. The van der Waals surface area contributed by atoms with Crippen LogP contribution in [0.5, 0.6) is 0 Å². The van der Waals surface area contributed by atoms with Crippen LogP contribution in [0.25, 0.3) is 0 Å². The van der Waals surface area contributed by atoms with Gasteiger partial charge in [0.25, 0.3) is 0 Å². The van der Waals surface area contributed by atoms with Gasteiger partial charge in [0.05, 0.1) is 0 Å². The Hall–Kier alpha value is -1.26. The lowest BCUT2D eigenvalue weighted by Crippen LogP contribution is -2.51. The van der Waals surface area contributed by atoms with Gasteiger partial charge < -0.3 is 10.2 Å². The van der Waals surface area contributed by atoms with Crippen molar-refractivity contribution in [3.05, 3.63) is 28.8 Å². The van der Waals surface area contributed by atoms with Gasteiger partial charge in [0.15, 0.2) is 0 Å². The van der Waals surface area contributed by atoms with Crippen molar-refractivity contribution in [2.45, 2.75) is 26.8 Å². The zero-order valence-electron chi connectivity index (χ0n) is 12.3. The van der Waals surface area contributed by atoms with Crippen LogP contribution in [0, 0.1) is 6.92 Å². The van der Waals surface area contributed by atoms with E-state index in [4.69, 9.17) is 11.6 Å². The lowest BCUT2D eigenvalue weighted by Gasteiger charge is -2.36. The van der Waals surface area contributed by atoms with Gasteiger partial charge in [-0.2, -0.15) is 0 Å². The molecule has 20 heavy (non-hydrogen) atoms. The molecule has 0 unspecified atom stereocenters. The molecule has 0 bridgehead atoms. The van der Waals surface area contributed by atoms with Crippen LogP contribution in [0.4, 0.5) is 10.5 Å². The first-order valence-electron chi connectivity index (χ1n) is 7.03. The van der Waals surface area contributed by atoms with Crippen LogP contribution < -0.4 is 5.32 Å². The van der Waals surface area contributed by atoms with Crippen LogP contribution in [-0.2, 0) is 0 Å². The molecule has 110 valence electrons. The number of carbonyl (C=O) groups is 1. The predicted molar refractivity (Wildman–Crippen MR) is 83.5 cm³/mol. The van der Waals surface area contributed by atoms with E-state index in [1.54, 1.807) is 6.07 Å². The molecule has 1 heterocycles. The second-order valence-corrected chi connectivity index (χ2v) is 5.92. The van der Waals surface area contributed by atoms with Gasteiger partial charge in [-0.25, -0.2) is 4.79 Å². The monoisotopic (exact) mass is 295 g/mol. The van der Waals surface area contributed by atoms with E-state index in [0.717, 1.165) is 37.4 Å². The van der Waals surface area contributed by atoms with Crippen molar-refractivity contribution in [3.63, 3.8) is 0 Å². The van der Waals surface area contributed by atoms with Gasteiger partial charge in [0.2, 0.25) is 0 Å². The Morgan fingerprint density at radius 3 is 2.45 bits per heavy atom. The van der Waals surface area contributed by atoms with Crippen molar-refractivity contribution < 1.29 is 4.79 Å². The number of urea groups is 1. The number of benzene rings is 1. The minimum Gasteiger partial charge on any atom is -0.322 e. The molecule has 0 saturated carbocycles. The average molecular weight is 296 g/mol. The number of carbonyl (C=O) groups excluding carboxylic acids is 1. The highest BCUT2D eigenvalue weighted by atomic mass is 35.5. The summed E-state index contributed by atoms with van der Waals surface area (Å²) in [5.74, 6) is 0. The number of aryl methyl sites for hydroxylation is 1. The summed E-state index contributed by atoms with van der Waals surface area (Å²) in [6, 6.07) is 6.07. The Morgan fingerprint density at radius 2 is 1.90 bits per heavy atom. The molecule has 0 radical (unpaired) electrons. The number of halogens is 1. The van der Waals surface area contributed by atoms with Crippen LogP contribution >= 0.6 is 11.6 Å². The van der Waals surface area contributed by atoms with Crippen LogP contribution in [0.3, 0.4) is 0 Å². The molecule has 0 aromatic heterocycles. The highest BCUT2D eigenvalue weighted by Crippen LogP contribution is 2.20. The smallest absolute Gasteiger partial charge is 0.321 e. The predicted octanol–water partition coefficient (Wildman–Crippen LogP) is 3.21. The molecule has 1 N–H and O–H groups in total. The van der Waals surface area contributed by atoms with Gasteiger partial charge in [-0.15, -0.1) is 0 Å². The van der Waals surface area contributed by atoms with Crippen molar-refractivity contribution in [1.82, 2.24) is 9.80 Å². The fraction of sp³-hybridized carbons (Fsp3) is 0.533. The normalized spacial score (nSPS) is 16.6. The van der Waals surface area contributed by atoms with E-state index in [0.29, 0.717) is 11.1 Å². The molecule has 2 rings (SSSR count). The number of anilines is 1. The van der Waals surface area contributed by atoms with Crippen molar-refractivity contribution in [3.8, 4) is 0 Å². The van der Waals surface area contributed by atoms with Gasteiger partial charge in [0.1, 0.15) is 0 Å². The minimum atomic E-state index is -0.0478. The molecule has 5 heteroatoms. The quantitative estimate of drug-likeness (QED) is 0.909. The highest BCUT2D eigenvalue weighted by Gasteiger charge is 2.22. The molecule has 4 nitrogen and oxygen atoms in total. The summed E-state index contributed by atoms with van der Waals surface area (Å²) < 4.78 is 0. The van der Waals surface area contributed by atoms with Crippen LogP contribution in [0.1, 0.15) is 19.4 Å². The van der Waals surface area contributed by atoms with E-state index < -0.39 is 0 Å². The lowest BCUT2D eigenvalue weighted by molar-refractivity contribution is 0.125. The van der Waals surface area contributed by atoms with E-state index in [-0.39, 0.29) is 6.03 Å². The molecule has 1 fully saturated rings. The molecule has 0 aliphatic carbocycles. The van der Waals surface area contributed by atoms with Crippen LogP contribution in [-0.4, -0.2) is 48.1 Å². The van der Waals surface area contributed by atoms with E-state index in [9.17, 15) is 4.79 Å². The van der Waals surface area contributed by atoms with Gasteiger partial charge in [-0.05, 0) is 38.5 Å². The van der Waals surface area contributed by atoms with E-state index in [1.807, 2.05) is 24.0 Å². The fourth-order valence-corrected chi connectivity index (χ4v) is 2.50. The Morgan fingerprint density at radius 1 is 1.25 bits per heavy atom. The summed E-state index contributed by atoms with van der Waals surface area (Å²) in [4.78, 5) is 16.4. The van der Waals surface area contributed by atoms with Crippen LogP contribution in [0.15, 0.2) is 18.2 Å². The lowest BCUT2D eigenvalue weighted by atomic mass is 10.2. The topological polar surface area (TPSA) is 35.6 Å². The number of hydrogen-bond acceptors (Lipinski definition) is 2. The zero-order chi connectivity index (χ0) is 14.7. The summed E-state index contributed by atoms with van der Waals surface area (Å²) in [7, 11) is 0. The Balaban J connectivity index is 1.91. The number of nitrogens with one attached hydrogen (secondary N) is 1. The van der Waals surface area contributed by atoms with Crippen molar-refractivity contribution in [2.24, 2.45) is 0 Å². The van der Waals surface area contributed by atoms with Gasteiger partial charge in [-0.1, -0.05) is 17.7 Å². The first-order chi connectivity index (χ1) is 9.47. The molecule has 0 atom stereocenters. The van der Waals surface area contributed by atoms with E-state index >= 15 is 0 Å². The standard InChI is InChI=1S/C15H22ClN3O/c1-11(2)18-6-8-19(9-7-18)15(20)17-13-5-4-12(3)14(16)10-13/h4-5,10-11H,6-9H2,1-3H3,(H,17,20). The van der Waals surface area contributed by atoms with Crippen molar-refractivity contribution >= 4 is 23.3 Å². The highest BCUT2D eigenvalue weighted by molar-refractivity contribution is 6.31. The summed E-state index contributed by atoms with van der Waals surface area (Å²) in [5, 5.41) is 3.58. The molecule has 1 aliphatic rings. The third kappa shape index (κ3) is 3.64. The maximum absolute atomic E-state index is 12.2. The molecular formula is C15H22ClN3O. The molecule has 1 aromatic rings. The Kier molecular flexibility index (Phi) is 4.89. The molecule has 1 aliphatic heterocycles. The first kappa shape index (κ1) is 15.1. The zero-order valence-corrected chi connectivity index (χ0v) is 13.1. The maximum Gasteiger partial charge on any atom is 0.321 e. The molecule has 2 amide bonds. The number of hydrogen-bond donors (Lipinski definition) is 1. The first-order valence-corrected chi connectivity index (χ1v) is 7.41. The van der Waals surface area contributed by atoms with Crippen molar-refractivity contribution in [1.29, 1.82) is 0 Å². The van der Waals surface area contributed by atoms with Gasteiger partial charge in [-0.3, -0.25) is 4.90 Å². The molecular weight excluding hydrogens is 274 g/mol. The fourth-order valence-electron chi connectivity index (χ4n) is 2.31. The van der Waals surface area contributed by atoms with Gasteiger partial charge >= 0.3 is 6.03 Å². The van der Waals surface area contributed by atoms with Gasteiger partial charge in [0, 0.05) is 42.9 Å². The largest absolute Gasteiger partial charge is 0.322 e. The number of rotatable bonds is 2.